The zero-order chi connectivity index (χ0) is 7.98. The van der Waals surface area contributed by atoms with Crippen LogP contribution in [0.5, 0.6) is 0 Å². The number of hydrogen-bond acceptors (Lipinski definition) is 3. The van der Waals surface area contributed by atoms with Gasteiger partial charge in [-0.1, -0.05) is 0 Å². The molecule has 2 N–H and O–H groups in total. The molecule has 0 heterocycles. The van der Waals surface area contributed by atoms with E-state index in [1.807, 2.05) is 0 Å². The standard InChI is InChI=1S/C6H13N2O2/c1-8-5(3-4-7)6(9)10-2/h5,7-8H,3-4H2,1-2H3/q-1/t5-/m0/s1. The summed E-state index contributed by atoms with van der Waals surface area (Å²) in [4.78, 5) is 10.8. The molecular formula is C6H13N2O2-. The molecule has 0 unspecified atom stereocenters. The maximum atomic E-state index is 10.8. The van der Waals surface area contributed by atoms with E-state index in [4.69, 9.17) is 5.73 Å². The van der Waals surface area contributed by atoms with Gasteiger partial charge in [-0.25, -0.2) is 0 Å². The minimum atomic E-state index is -0.317. The number of rotatable bonds is 4. The molecule has 1 atom stereocenters. The summed E-state index contributed by atoms with van der Waals surface area (Å²) in [5.74, 6) is -0.297. The van der Waals surface area contributed by atoms with Crippen LogP contribution in [0.25, 0.3) is 5.73 Å². The molecule has 0 fully saturated rings. The van der Waals surface area contributed by atoms with Crippen LogP contribution in [-0.4, -0.2) is 32.7 Å². The van der Waals surface area contributed by atoms with E-state index in [-0.39, 0.29) is 18.6 Å². The lowest BCUT2D eigenvalue weighted by Crippen LogP contribution is -2.35. The molecule has 0 bridgehead atoms. The van der Waals surface area contributed by atoms with Crippen LogP contribution in [0.1, 0.15) is 6.42 Å². The second-order valence-corrected chi connectivity index (χ2v) is 1.90. The molecule has 0 aromatic heterocycles. The number of likely N-dealkylation sites (N-methyl/N-ethyl adjacent to an activating group) is 1. The van der Waals surface area contributed by atoms with Crippen LogP contribution in [-0.2, 0) is 9.53 Å². The Hall–Kier alpha value is -0.610. The van der Waals surface area contributed by atoms with E-state index >= 15 is 0 Å². The van der Waals surface area contributed by atoms with E-state index in [9.17, 15) is 4.79 Å². The van der Waals surface area contributed by atoms with E-state index in [0.717, 1.165) is 0 Å². The van der Waals surface area contributed by atoms with E-state index < -0.39 is 0 Å². The third kappa shape index (κ3) is 2.80. The summed E-state index contributed by atoms with van der Waals surface area (Å²) in [7, 11) is 3.02. The molecule has 0 aliphatic rings. The average Bonchev–Trinajstić information content (AvgIpc) is 1.99. The van der Waals surface area contributed by atoms with Gasteiger partial charge in [0.2, 0.25) is 0 Å². The number of carbonyl (C=O) groups excluding carboxylic acids is 1. The van der Waals surface area contributed by atoms with E-state index in [2.05, 4.69) is 10.1 Å². The molecule has 0 aromatic carbocycles. The smallest absolute Gasteiger partial charge is 0.322 e. The fraction of sp³-hybridized carbons (Fsp3) is 0.833. The molecule has 0 radical (unpaired) electrons. The molecular weight excluding hydrogens is 132 g/mol. The molecule has 4 heteroatoms. The van der Waals surface area contributed by atoms with Gasteiger partial charge in [0.15, 0.2) is 0 Å². The predicted octanol–water partition coefficient (Wildman–Crippen LogP) is 0.190. The first-order valence-corrected chi connectivity index (χ1v) is 3.16. The second kappa shape index (κ2) is 5.20. The van der Waals surface area contributed by atoms with Crippen LogP contribution < -0.4 is 5.32 Å². The number of ether oxygens (including phenoxy) is 1. The topological polar surface area (TPSA) is 62.1 Å². The summed E-state index contributed by atoms with van der Waals surface area (Å²) in [6.45, 7) is 0.237. The highest BCUT2D eigenvalue weighted by molar-refractivity contribution is 5.75. The summed E-state index contributed by atoms with van der Waals surface area (Å²) in [5.41, 5.74) is 6.86. The molecule has 10 heavy (non-hydrogen) atoms. The maximum absolute atomic E-state index is 10.8. The Balaban J connectivity index is 3.68. The quantitative estimate of drug-likeness (QED) is 0.574. The highest BCUT2D eigenvalue weighted by atomic mass is 16.5. The first-order valence-electron chi connectivity index (χ1n) is 3.16. The average molecular weight is 145 g/mol. The number of methoxy groups -OCH3 is 1. The minimum Gasteiger partial charge on any atom is -0.677 e. The van der Waals surface area contributed by atoms with Crippen molar-refractivity contribution in [2.75, 3.05) is 20.7 Å². The fourth-order valence-electron chi connectivity index (χ4n) is 0.667. The first kappa shape index (κ1) is 9.39. The van der Waals surface area contributed by atoms with Gasteiger partial charge in [-0.3, -0.25) is 4.79 Å². The number of esters is 1. The molecule has 0 amide bonds. The van der Waals surface area contributed by atoms with E-state index in [1.54, 1.807) is 7.05 Å². The summed E-state index contributed by atoms with van der Waals surface area (Å²) in [6, 6.07) is -0.317. The zero-order valence-electron chi connectivity index (χ0n) is 6.31. The van der Waals surface area contributed by atoms with Gasteiger partial charge in [0.25, 0.3) is 0 Å². The van der Waals surface area contributed by atoms with Crippen LogP contribution in [0.15, 0.2) is 0 Å². The van der Waals surface area contributed by atoms with Gasteiger partial charge in [-0.2, -0.15) is 0 Å². The third-order valence-electron chi connectivity index (χ3n) is 1.27. The summed E-state index contributed by atoms with van der Waals surface area (Å²) in [5, 5.41) is 2.76. The van der Waals surface area contributed by atoms with Crippen LogP contribution in [0.2, 0.25) is 0 Å². The largest absolute Gasteiger partial charge is 0.677 e. The van der Waals surface area contributed by atoms with Gasteiger partial charge < -0.3 is 15.8 Å². The zero-order valence-corrected chi connectivity index (χ0v) is 6.31. The van der Waals surface area contributed by atoms with Crippen molar-refractivity contribution in [1.29, 1.82) is 0 Å². The Labute approximate surface area is 60.7 Å². The monoisotopic (exact) mass is 145 g/mol. The Morgan fingerprint density at radius 3 is 2.70 bits per heavy atom. The molecule has 0 rings (SSSR count). The molecule has 4 nitrogen and oxygen atoms in total. The van der Waals surface area contributed by atoms with Crippen molar-refractivity contribution in [3.63, 3.8) is 0 Å². The summed E-state index contributed by atoms with van der Waals surface area (Å²) in [6.07, 6.45) is 0.503. The Bertz CT molecular complexity index is 106. The van der Waals surface area contributed by atoms with Gasteiger partial charge in [-0.15, -0.1) is 6.54 Å². The first-order chi connectivity index (χ1) is 4.76. The van der Waals surface area contributed by atoms with Crippen molar-refractivity contribution >= 4 is 5.97 Å². The number of hydrogen-bond donors (Lipinski definition) is 1. The summed E-state index contributed by atoms with van der Waals surface area (Å²) >= 11 is 0. The van der Waals surface area contributed by atoms with Crippen molar-refractivity contribution in [2.24, 2.45) is 0 Å². The van der Waals surface area contributed by atoms with Crippen molar-refractivity contribution in [2.45, 2.75) is 12.5 Å². The Kier molecular flexibility index (Phi) is 4.88. The predicted molar refractivity (Wildman–Crippen MR) is 38.7 cm³/mol. The Morgan fingerprint density at radius 1 is 1.80 bits per heavy atom. The molecule has 0 aliphatic heterocycles. The highest BCUT2D eigenvalue weighted by Gasteiger charge is 2.13. The minimum absolute atomic E-state index is 0.237. The van der Waals surface area contributed by atoms with Gasteiger partial charge in [-0.05, 0) is 13.5 Å². The molecule has 60 valence electrons. The molecule has 0 saturated heterocycles. The molecule has 0 aromatic rings. The van der Waals surface area contributed by atoms with Crippen LogP contribution >= 0.6 is 0 Å². The van der Waals surface area contributed by atoms with Gasteiger partial charge in [0, 0.05) is 0 Å². The molecule has 0 aliphatic carbocycles. The molecule has 0 saturated carbocycles. The van der Waals surface area contributed by atoms with Crippen LogP contribution in [0, 0.1) is 0 Å². The molecule has 0 spiro atoms. The second-order valence-electron chi connectivity index (χ2n) is 1.90. The lowest BCUT2D eigenvalue weighted by molar-refractivity contribution is -0.143. The van der Waals surface area contributed by atoms with Gasteiger partial charge in [0.05, 0.1) is 7.11 Å². The van der Waals surface area contributed by atoms with Crippen molar-refractivity contribution < 1.29 is 9.53 Å². The lowest BCUT2D eigenvalue weighted by atomic mass is 10.2. The SMILES string of the molecule is CN[C@@H](CC[NH-])C(=O)OC. The maximum Gasteiger partial charge on any atom is 0.322 e. The van der Waals surface area contributed by atoms with Gasteiger partial charge in [0.1, 0.15) is 6.04 Å². The van der Waals surface area contributed by atoms with Crippen molar-refractivity contribution in [3.05, 3.63) is 5.73 Å². The normalized spacial score (nSPS) is 12.7. The number of nitrogens with one attached hydrogen (secondary N) is 2. The highest BCUT2D eigenvalue weighted by Crippen LogP contribution is 1.93. The fourth-order valence-corrected chi connectivity index (χ4v) is 0.667. The third-order valence-corrected chi connectivity index (χ3v) is 1.27. The van der Waals surface area contributed by atoms with Crippen molar-refractivity contribution in [1.82, 2.24) is 5.32 Å². The van der Waals surface area contributed by atoms with E-state index in [0.29, 0.717) is 6.42 Å². The van der Waals surface area contributed by atoms with Crippen molar-refractivity contribution in [3.8, 4) is 0 Å². The van der Waals surface area contributed by atoms with E-state index in [1.165, 1.54) is 7.11 Å². The van der Waals surface area contributed by atoms with Crippen LogP contribution in [0.3, 0.4) is 0 Å². The Morgan fingerprint density at radius 2 is 2.40 bits per heavy atom. The number of carbonyl (C=O) groups is 1. The summed E-state index contributed by atoms with van der Waals surface area (Å²) < 4.78 is 4.47. The van der Waals surface area contributed by atoms with Gasteiger partial charge >= 0.3 is 5.97 Å². The van der Waals surface area contributed by atoms with Crippen LogP contribution in [0.4, 0.5) is 0 Å². The lowest BCUT2D eigenvalue weighted by Gasteiger charge is -2.13.